The molecule has 0 spiro atoms. The standard InChI is InChI=1S/C22H28N6O2/c1-15(2)20-25-17-6-5-16(11-18(17)26-20)21(29)27(3)13-22(30)7-4-10-28(14-22)19-12-23-8-9-24-19/h5-6,8-9,11-12,15,30H,4,7,10,13-14H2,1-3H3,(H,25,26). The number of fused-ring (bicyclic) bond motifs is 1. The Balaban J connectivity index is 1.48. The van der Waals surface area contributed by atoms with Crippen LogP contribution in [0.15, 0.2) is 36.8 Å². The number of likely N-dealkylation sites (N-methyl/N-ethyl adjacent to an activating group) is 1. The van der Waals surface area contributed by atoms with Gasteiger partial charge in [-0.2, -0.15) is 0 Å². The number of carbonyl (C=O) groups excluding carboxylic acids is 1. The third-order valence-corrected chi connectivity index (χ3v) is 5.60. The lowest BCUT2D eigenvalue weighted by atomic mass is 9.92. The first-order chi connectivity index (χ1) is 14.3. The molecule has 0 aliphatic carbocycles. The Morgan fingerprint density at radius 1 is 1.37 bits per heavy atom. The average molecular weight is 409 g/mol. The molecule has 1 aromatic carbocycles. The first-order valence-electron chi connectivity index (χ1n) is 10.3. The quantitative estimate of drug-likeness (QED) is 0.673. The number of nitrogens with one attached hydrogen (secondary N) is 1. The second kappa shape index (κ2) is 8.02. The summed E-state index contributed by atoms with van der Waals surface area (Å²) < 4.78 is 0. The second-order valence-corrected chi connectivity index (χ2v) is 8.48. The van der Waals surface area contributed by atoms with Gasteiger partial charge in [0.1, 0.15) is 11.6 Å². The average Bonchev–Trinajstić information content (AvgIpc) is 3.17. The van der Waals surface area contributed by atoms with Crippen LogP contribution in [0.5, 0.6) is 0 Å². The highest BCUT2D eigenvalue weighted by Crippen LogP contribution is 2.26. The number of hydrogen-bond acceptors (Lipinski definition) is 6. The predicted octanol–water partition coefficient (Wildman–Crippen LogP) is 2.58. The Morgan fingerprint density at radius 2 is 2.20 bits per heavy atom. The largest absolute Gasteiger partial charge is 0.386 e. The summed E-state index contributed by atoms with van der Waals surface area (Å²) in [4.78, 5) is 33.0. The number of nitrogens with zero attached hydrogens (tertiary/aromatic N) is 5. The van der Waals surface area contributed by atoms with Crippen LogP contribution in [0.2, 0.25) is 0 Å². The number of β-amino-alcohol motifs (C(OH)–C–C–N with tert-alkyl or cyclic N) is 1. The molecule has 1 aliphatic heterocycles. The van der Waals surface area contributed by atoms with Crippen molar-refractivity contribution in [2.24, 2.45) is 0 Å². The molecule has 1 fully saturated rings. The molecule has 2 aromatic heterocycles. The second-order valence-electron chi connectivity index (χ2n) is 8.48. The molecule has 1 aliphatic rings. The molecule has 0 bridgehead atoms. The number of aliphatic hydroxyl groups is 1. The van der Waals surface area contributed by atoms with Crippen molar-refractivity contribution in [3.8, 4) is 0 Å². The van der Waals surface area contributed by atoms with Crippen molar-refractivity contribution < 1.29 is 9.90 Å². The predicted molar refractivity (Wildman–Crippen MR) is 116 cm³/mol. The lowest BCUT2D eigenvalue weighted by Gasteiger charge is -2.41. The van der Waals surface area contributed by atoms with Crippen LogP contribution in [0.4, 0.5) is 5.82 Å². The minimum atomic E-state index is -0.997. The molecule has 1 unspecified atom stereocenters. The number of carbonyl (C=O) groups is 1. The number of hydrogen-bond donors (Lipinski definition) is 2. The van der Waals surface area contributed by atoms with Crippen molar-refractivity contribution in [1.29, 1.82) is 0 Å². The lowest BCUT2D eigenvalue weighted by Crippen LogP contribution is -2.54. The van der Waals surface area contributed by atoms with Gasteiger partial charge in [-0.25, -0.2) is 9.97 Å². The maximum absolute atomic E-state index is 13.0. The molecule has 3 aromatic rings. The van der Waals surface area contributed by atoms with Gasteiger partial charge in [-0.3, -0.25) is 9.78 Å². The van der Waals surface area contributed by atoms with Gasteiger partial charge in [-0.15, -0.1) is 0 Å². The van der Waals surface area contributed by atoms with Crippen molar-refractivity contribution in [3.05, 3.63) is 48.2 Å². The molecule has 1 saturated heterocycles. The van der Waals surface area contributed by atoms with E-state index in [1.54, 1.807) is 36.6 Å². The topological polar surface area (TPSA) is 98.2 Å². The van der Waals surface area contributed by atoms with Gasteiger partial charge in [-0.1, -0.05) is 13.8 Å². The van der Waals surface area contributed by atoms with Gasteiger partial charge in [0, 0.05) is 44.0 Å². The highest BCUT2D eigenvalue weighted by atomic mass is 16.3. The SMILES string of the molecule is CC(C)c1nc2ccc(C(=O)N(C)CC3(O)CCCN(c4cnccn4)C3)cc2[nH]1. The Morgan fingerprint density at radius 3 is 2.93 bits per heavy atom. The third kappa shape index (κ3) is 4.14. The number of H-pyrrole nitrogens is 1. The zero-order valence-corrected chi connectivity index (χ0v) is 17.7. The van der Waals surface area contributed by atoms with Crippen LogP contribution >= 0.6 is 0 Å². The third-order valence-electron chi connectivity index (χ3n) is 5.60. The van der Waals surface area contributed by atoms with Gasteiger partial charge in [0.05, 0.1) is 29.4 Å². The molecule has 0 radical (unpaired) electrons. The van der Waals surface area contributed by atoms with Gasteiger partial charge in [0.2, 0.25) is 0 Å². The number of anilines is 1. The fourth-order valence-corrected chi connectivity index (χ4v) is 4.06. The minimum Gasteiger partial charge on any atom is -0.386 e. The zero-order chi connectivity index (χ0) is 21.3. The van der Waals surface area contributed by atoms with Gasteiger partial charge in [-0.05, 0) is 31.0 Å². The smallest absolute Gasteiger partial charge is 0.253 e. The number of rotatable bonds is 5. The summed E-state index contributed by atoms with van der Waals surface area (Å²) in [5.74, 6) is 1.82. The first-order valence-corrected chi connectivity index (χ1v) is 10.3. The van der Waals surface area contributed by atoms with Crippen LogP contribution in [0, 0.1) is 0 Å². The molecule has 2 N–H and O–H groups in total. The summed E-state index contributed by atoms with van der Waals surface area (Å²) in [6.07, 6.45) is 6.44. The van der Waals surface area contributed by atoms with E-state index in [9.17, 15) is 9.90 Å². The minimum absolute atomic E-state index is 0.123. The Labute approximate surface area is 176 Å². The molecular formula is C22H28N6O2. The van der Waals surface area contributed by atoms with Crippen molar-refractivity contribution in [1.82, 2.24) is 24.8 Å². The molecule has 3 heterocycles. The number of piperidine rings is 1. The van der Waals surface area contributed by atoms with E-state index in [4.69, 9.17) is 0 Å². The van der Waals surface area contributed by atoms with E-state index < -0.39 is 5.60 Å². The molecule has 8 heteroatoms. The van der Waals surface area contributed by atoms with E-state index in [0.29, 0.717) is 18.5 Å². The van der Waals surface area contributed by atoms with E-state index in [1.165, 1.54) is 0 Å². The Hall–Kier alpha value is -3.00. The number of amides is 1. The molecule has 1 atom stereocenters. The van der Waals surface area contributed by atoms with Crippen LogP contribution in [-0.4, -0.2) is 68.1 Å². The number of imidazole rings is 1. The van der Waals surface area contributed by atoms with E-state index in [0.717, 1.165) is 35.6 Å². The fraction of sp³-hybridized carbons (Fsp3) is 0.455. The van der Waals surface area contributed by atoms with Crippen LogP contribution in [0.3, 0.4) is 0 Å². The Bertz CT molecular complexity index is 1030. The summed E-state index contributed by atoms with van der Waals surface area (Å²) in [7, 11) is 1.73. The van der Waals surface area contributed by atoms with Crippen molar-refractivity contribution >= 4 is 22.8 Å². The molecular weight excluding hydrogens is 380 g/mol. The number of aromatic amines is 1. The van der Waals surface area contributed by atoms with Crippen molar-refractivity contribution in [2.45, 2.75) is 38.2 Å². The van der Waals surface area contributed by atoms with Crippen LogP contribution < -0.4 is 4.90 Å². The summed E-state index contributed by atoms with van der Waals surface area (Å²) in [5.41, 5.74) is 1.28. The number of aromatic nitrogens is 4. The summed E-state index contributed by atoms with van der Waals surface area (Å²) in [6, 6.07) is 5.50. The summed E-state index contributed by atoms with van der Waals surface area (Å²) >= 11 is 0. The molecule has 0 saturated carbocycles. The van der Waals surface area contributed by atoms with Gasteiger partial charge < -0.3 is 19.9 Å². The monoisotopic (exact) mass is 408 g/mol. The highest BCUT2D eigenvalue weighted by Gasteiger charge is 2.36. The van der Waals surface area contributed by atoms with Crippen LogP contribution in [0.25, 0.3) is 11.0 Å². The highest BCUT2D eigenvalue weighted by molar-refractivity contribution is 5.97. The van der Waals surface area contributed by atoms with Crippen LogP contribution in [-0.2, 0) is 0 Å². The van der Waals surface area contributed by atoms with E-state index in [2.05, 4.69) is 33.8 Å². The van der Waals surface area contributed by atoms with Crippen LogP contribution in [0.1, 0.15) is 48.8 Å². The van der Waals surface area contributed by atoms with Gasteiger partial charge in [0.25, 0.3) is 5.91 Å². The fourth-order valence-electron chi connectivity index (χ4n) is 4.06. The maximum Gasteiger partial charge on any atom is 0.253 e. The van der Waals surface area contributed by atoms with E-state index >= 15 is 0 Å². The normalized spacial score (nSPS) is 19.4. The van der Waals surface area contributed by atoms with Crippen molar-refractivity contribution in [2.75, 3.05) is 31.6 Å². The molecule has 8 nitrogen and oxygen atoms in total. The summed E-state index contributed by atoms with van der Waals surface area (Å²) in [5, 5.41) is 11.2. The van der Waals surface area contributed by atoms with Gasteiger partial charge >= 0.3 is 0 Å². The maximum atomic E-state index is 13.0. The first kappa shape index (κ1) is 20.3. The Kier molecular flexibility index (Phi) is 5.42. The molecule has 4 rings (SSSR count). The number of benzene rings is 1. The van der Waals surface area contributed by atoms with Crippen molar-refractivity contribution in [3.63, 3.8) is 0 Å². The van der Waals surface area contributed by atoms with E-state index in [-0.39, 0.29) is 18.4 Å². The lowest BCUT2D eigenvalue weighted by molar-refractivity contribution is -0.000140. The molecule has 30 heavy (non-hydrogen) atoms. The molecule has 1 amide bonds. The van der Waals surface area contributed by atoms with E-state index in [1.807, 2.05) is 17.0 Å². The van der Waals surface area contributed by atoms with Gasteiger partial charge in [0.15, 0.2) is 0 Å². The summed E-state index contributed by atoms with van der Waals surface area (Å²) in [6.45, 7) is 5.63. The molecule has 158 valence electrons. The zero-order valence-electron chi connectivity index (χ0n) is 17.7.